The number of anilines is 2. The molecule has 0 saturated carbocycles. The average Bonchev–Trinajstić information content (AvgIpc) is 2.46. The monoisotopic (exact) mass is 339 g/mol. The number of halogens is 2. The lowest BCUT2D eigenvalue weighted by molar-refractivity contribution is 0.415. The molecule has 0 atom stereocenters. The topological polar surface area (TPSA) is 12.5 Å². The van der Waals surface area contributed by atoms with E-state index in [1.807, 2.05) is 43.4 Å². The van der Waals surface area contributed by atoms with E-state index in [2.05, 4.69) is 26.9 Å². The molecule has 2 aromatic carbocycles. The minimum absolute atomic E-state index is 0.516. The van der Waals surface area contributed by atoms with Crippen LogP contribution in [0.5, 0.6) is 5.75 Å². The molecule has 0 aliphatic carbocycles. The molecule has 19 heavy (non-hydrogen) atoms. The molecule has 0 heterocycles. The summed E-state index contributed by atoms with van der Waals surface area (Å²) in [6.07, 6.45) is 0. The van der Waals surface area contributed by atoms with Gasteiger partial charge < -0.3 is 9.64 Å². The van der Waals surface area contributed by atoms with Crippen molar-refractivity contribution in [2.24, 2.45) is 0 Å². The van der Waals surface area contributed by atoms with Crippen molar-refractivity contribution in [3.63, 3.8) is 0 Å². The number of rotatable bonds is 4. The fourth-order valence-corrected chi connectivity index (χ4v) is 2.72. The van der Waals surface area contributed by atoms with Crippen molar-refractivity contribution in [1.29, 1.82) is 0 Å². The highest BCUT2D eigenvalue weighted by Gasteiger charge is 2.09. The second kappa shape index (κ2) is 6.31. The van der Waals surface area contributed by atoms with Crippen molar-refractivity contribution in [2.45, 2.75) is 5.88 Å². The zero-order valence-corrected chi connectivity index (χ0v) is 13.2. The van der Waals surface area contributed by atoms with Gasteiger partial charge in [-0.15, -0.1) is 11.6 Å². The Morgan fingerprint density at radius 3 is 2.63 bits per heavy atom. The third-order valence-electron chi connectivity index (χ3n) is 2.97. The molecule has 0 radical (unpaired) electrons. The van der Waals surface area contributed by atoms with E-state index in [-0.39, 0.29) is 0 Å². The summed E-state index contributed by atoms with van der Waals surface area (Å²) < 4.78 is 6.28. The summed E-state index contributed by atoms with van der Waals surface area (Å²) in [5.74, 6) is 1.36. The summed E-state index contributed by atoms with van der Waals surface area (Å²) in [6.45, 7) is 0. The van der Waals surface area contributed by atoms with Gasteiger partial charge in [-0.2, -0.15) is 0 Å². The number of benzene rings is 2. The quantitative estimate of drug-likeness (QED) is 0.729. The van der Waals surface area contributed by atoms with E-state index in [4.69, 9.17) is 16.3 Å². The van der Waals surface area contributed by atoms with E-state index in [1.54, 1.807) is 7.11 Å². The molecule has 0 N–H and O–H groups in total. The molecule has 100 valence electrons. The van der Waals surface area contributed by atoms with Crippen molar-refractivity contribution >= 4 is 38.9 Å². The first-order chi connectivity index (χ1) is 9.15. The number of nitrogens with zero attached hydrogens (tertiary/aromatic N) is 1. The Hall–Kier alpha value is -1.19. The molecule has 2 nitrogen and oxygen atoms in total. The summed E-state index contributed by atoms with van der Waals surface area (Å²) in [6, 6.07) is 14.1. The Morgan fingerprint density at radius 1 is 1.21 bits per heavy atom. The van der Waals surface area contributed by atoms with E-state index >= 15 is 0 Å². The van der Waals surface area contributed by atoms with Gasteiger partial charge in [-0.05, 0) is 45.8 Å². The average molecular weight is 341 g/mol. The molecule has 0 amide bonds. The molecule has 4 heteroatoms. The number of hydrogen-bond donors (Lipinski definition) is 0. The Bertz CT molecular complexity index is 574. The van der Waals surface area contributed by atoms with Crippen LogP contribution in [0, 0.1) is 0 Å². The van der Waals surface area contributed by atoms with E-state index in [0.717, 1.165) is 27.2 Å². The second-order valence-corrected chi connectivity index (χ2v) is 5.30. The van der Waals surface area contributed by atoms with Gasteiger partial charge in [0.2, 0.25) is 0 Å². The largest absolute Gasteiger partial charge is 0.497 e. The number of methoxy groups -OCH3 is 1. The summed E-state index contributed by atoms with van der Waals surface area (Å²) in [4.78, 5) is 2.10. The highest BCUT2D eigenvalue weighted by Crippen LogP contribution is 2.33. The number of alkyl halides is 1. The van der Waals surface area contributed by atoms with Gasteiger partial charge >= 0.3 is 0 Å². The van der Waals surface area contributed by atoms with Gasteiger partial charge in [0.1, 0.15) is 5.75 Å². The van der Waals surface area contributed by atoms with Crippen molar-refractivity contribution in [2.75, 3.05) is 19.1 Å². The van der Waals surface area contributed by atoms with Crippen LogP contribution in [-0.2, 0) is 5.88 Å². The fraction of sp³-hybridized carbons (Fsp3) is 0.200. The molecule has 0 unspecified atom stereocenters. The van der Waals surface area contributed by atoms with Crippen LogP contribution in [0.1, 0.15) is 5.56 Å². The van der Waals surface area contributed by atoms with E-state index in [1.165, 1.54) is 0 Å². The van der Waals surface area contributed by atoms with Crippen LogP contribution in [0.3, 0.4) is 0 Å². The maximum absolute atomic E-state index is 5.84. The van der Waals surface area contributed by atoms with Crippen molar-refractivity contribution in [3.05, 3.63) is 52.5 Å². The van der Waals surface area contributed by atoms with Crippen LogP contribution >= 0.6 is 27.5 Å². The van der Waals surface area contributed by atoms with Gasteiger partial charge in [0.05, 0.1) is 12.8 Å². The zero-order valence-electron chi connectivity index (χ0n) is 10.9. The lowest BCUT2D eigenvalue weighted by Gasteiger charge is -2.21. The molecule has 0 bridgehead atoms. The third-order valence-corrected chi connectivity index (χ3v) is 3.91. The summed E-state index contributed by atoms with van der Waals surface area (Å²) in [5, 5.41) is 0. The van der Waals surface area contributed by atoms with Crippen molar-refractivity contribution < 1.29 is 4.74 Å². The first-order valence-electron chi connectivity index (χ1n) is 5.88. The summed E-state index contributed by atoms with van der Waals surface area (Å²) in [7, 11) is 3.69. The molecule has 0 saturated heterocycles. The highest BCUT2D eigenvalue weighted by molar-refractivity contribution is 9.10. The van der Waals surface area contributed by atoms with Gasteiger partial charge in [-0.25, -0.2) is 0 Å². The van der Waals surface area contributed by atoms with E-state index in [9.17, 15) is 0 Å². The standard InChI is InChI=1S/C15H15BrClNO/c1-18(12-4-3-5-13(9-12)19-2)15-7-6-11(10-17)8-14(15)16/h3-9H,10H2,1-2H3. The van der Waals surface area contributed by atoms with Gasteiger partial charge in [-0.3, -0.25) is 0 Å². The number of hydrogen-bond acceptors (Lipinski definition) is 2. The Kier molecular flexibility index (Phi) is 4.72. The normalized spacial score (nSPS) is 10.3. The van der Waals surface area contributed by atoms with Gasteiger partial charge in [0.15, 0.2) is 0 Å². The molecular weight excluding hydrogens is 326 g/mol. The van der Waals surface area contributed by atoms with Crippen LogP contribution in [0.25, 0.3) is 0 Å². The highest BCUT2D eigenvalue weighted by atomic mass is 79.9. The van der Waals surface area contributed by atoms with Gasteiger partial charge in [0, 0.05) is 29.2 Å². The molecule has 2 aromatic rings. The maximum atomic E-state index is 5.84. The lowest BCUT2D eigenvalue weighted by Crippen LogP contribution is -2.10. The molecule has 0 aromatic heterocycles. The lowest BCUT2D eigenvalue weighted by atomic mass is 10.2. The minimum Gasteiger partial charge on any atom is -0.497 e. The van der Waals surface area contributed by atoms with Crippen molar-refractivity contribution in [3.8, 4) is 5.75 Å². The smallest absolute Gasteiger partial charge is 0.120 e. The first kappa shape index (κ1) is 14.2. The summed E-state index contributed by atoms with van der Waals surface area (Å²) >= 11 is 9.43. The van der Waals surface area contributed by atoms with Crippen LogP contribution in [0.15, 0.2) is 46.9 Å². The SMILES string of the molecule is COc1cccc(N(C)c2ccc(CCl)cc2Br)c1. The molecule has 0 aliphatic heterocycles. The van der Waals surface area contributed by atoms with E-state index in [0.29, 0.717) is 5.88 Å². The van der Waals surface area contributed by atoms with E-state index < -0.39 is 0 Å². The zero-order chi connectivity index (χ0) is 13.8. The van der Waals surface area contributed by atoms with Crippen molar-refractivity contribution in [1.82, 2.24) is 0 Å². The number of ether oxygens (including phenoxy) is 1. The Balaban J connectivity index is 2.35. The third kappa shape index (κ3) is 3.23. The summed E-state index contributed by atoms with van der Waals surface area (Å²) in [5.41, 5.74) is 3.25. The molecule has 0 aliphatic rings. The second-order valence-electron chi connectivity index (χ2n) is 4.18. The molecule has 2 rings (SSSR count). The van der Waals surface area contributed by atoms with Crippen LogP contribution in [0.4, 0.5) is 11.4 Å². The van der Waals surface area contributed by atoms with Gasteiger partial charge in [-0.1, -0.05) is 12.1 Å². The predicted octanol–water partition coefficient (Wildman–Crippen LogP) is 4.96. The minimum atomic E-state index is 0.516. The van der Waals surface area contributed by atoms with Crippen LogP contribution in [-0.4, -0.2) is 14.2 Å². The predicted molar refractivity (Wildman–Crippen MR) is 84.8 cm³/mol. The molecule has 0 spiro atoms. The fourth-order valence-electron chi connectivity index (χ4n) is 1.86. The maximum Gasteiger partial charge on any atom is 0.120 e. The molecule has 0 fully saturated rings. The first-order valence-corrected chi connectivity index (χ1v) is 7.20. The van der Waals surface area contributed by atoms with Crippen LogP contribution < -0.4 is 9.64 Å². The van der Waals surface area contributed by atoms with Gasteiger partial charge in [0.25, 0.3) is 0 Å². The molecular formula is C15H15BrClNO. The Morgan fingerprint density at radius 2 is 2.00 bits per heavy atom. The van der Waals surface area contributed by atoms with Crippen LogP contribution in [0.2, 0.25) is 0 Å². The Labute approximate surface area is 127 Å².